The zero-order valence-electron chi connectivity index (χ0n) is 19.0. The van der Waals surface area contributed by atoms with Crippen molar-refractivity contribution in [2.75, 3.05) is 0 Å². The third kappa shape index (κ3) is 6.51. The molecule has 0 radical (unpaired) electrons. The van der Waals surface area contributed by atoms with Gasteiger partial charge in [0.25, 0.3) is 5.91 Å². The first kappa shape index (κ1) is 25.1. The molecule has 0 aliphatic heterocycles. The normalized spacial score (nSPS) is 12.1. The van der Waals surface area contributed by atoms with Gasteiger partial charge in [0, 0.05) is 12.3 Å². The van der Waals surface area contributed by atoms with Crippen LogP contribution in [0.2, 0.25) is 5.02 Å². The van der Waals surface area contributed by atoms with E-state index in [4.69, 9.17) is 21.1 Å². The van der Waals surface area contributed by atoms with Crippen molar-refractivity contribution in [3.05, 3.63) is 88.1 Å². The van der Waals surface area contributed by atoms with Gasteiger partial charge >= 0.3 is 5.97 Å². The summed E-state index contributed by atoms with van der Waals surface area (Å²) in [5.74, 6) is -3.27. The number of rotatable bonds is 6. The molecule has 0 aliphatic rings. The maximum absolute atomic E-state index is 13.5. The standard InChI is InChI=1S/C25H23ClF2N2O4/c1-14(15-5-7-16(8-6-15)24(32)34-25(2,3)4)30-22(31)19-11-17(26)13-29-23(19)33-18-9-10-20(27)21(28)12-18/h5-14H,1-4H3,(H,30,31)/t14-/m0/s1. The summed E-state index contributed by atoms with van der Waals surface area (Å²) in [6.45, 7) is 7.11. The lowest BCUT2D eigenvalue weighted by atomic mass is 10.1. The first-order valence-corrected chi connectivity index (χ1v) is 10.7. The number of esters is 1. The van der Waals surface area contributed by atoms with Gasteiger partial charge in [0.15, 0.2) is 11.6 Å². The minimum absolute atomic E-state index is 0.00876. The molecular formula is C25H23ClF2N2O4. The van der Waals surface area contributed by atoms with Crippen LogP contribution in [0.15, 0.2) is 54.7 Å². The topological polar surface area (TPSA) is 77.5 Å². The van der Waals surface area contributed by atoms with Gasteiger partial charge in [-0.25, -0.2) is 18.6 Å². The molecule has 0 saturated heterocycles. The molecule has 1 heterocycles. The molecule has 178 valence electrons. The second kappa shape index (κ2) is 10.2. The molecule has 0 spiro atoms. The molecule has 1 aromatic heterocycles. The lowest BCUT2D eigenvalue weighted by Crippen LogP contribution is -2.27. The summed E-state index contributed by atoms with van der Waals surface area (Å²) < 4.78 is 37.6. The molecule has 1 N–H and O–H groups in total. The Kier molecular flexibility index (Phi) is 7.51. The third-order valence-electron chi connectivity index (χ3n) is 4.56. The zero-order valence-corrected chi connectivity index (χ0v) is 19.7. The van der Waals surface area contributed by atoms with Gasteiger partial charge in [-0.1, -0.05) is 23.7 Å². The van der Waals surface area contributed by atoms with Crippen LogP contribution >= 0.6 is 11.6 Å². The highest BCUT2D eigenvalue weighted by atomic mass is 35.5. The Labute approximate surface area is 200 Å². The molecule has 34 heavy (non-hydrogen) atoms. The minimum atomic E-state index is -1.10. The van der Waals surface area contributed by atoms with Gasteiger partial charge in [-0.3, -0.25) is 4.79 Å². The minimum Gasteiger partial charge on any atom is -0.456 e. The average molecular weight is 489 g/mol. The number of aromatic nitrogens is 1. The number of nitrogens with zero attached hydrogens (tertiary/aromatic N) is 1. The fourth-order valence-electron chi connectivity index (χ4n) is 2.93. The molecule has 0 bridgehead atoms. The number of pyridine rings is 1. The van der Waals surface area contributed by atoms with Crippen LogP contribution in [-0.4, -0.2) is 22.5 Å². The number of halogens is 3. The van der Waals surface area contributed by atoms with Gasteiger partial charge in [0.2, 0.25) is 5.88 Å². The van der Waals surface area contributed by atoms with E-state index in [1.165, 1.54) is 18.3 Å². The first-order valence-electron chi connectivity index (χ1n) is 10.4. The van der Waals surface area contributed by atoms with Crippen molar-refractivity contribution in [3.8, 4) is 11.6 Å². The summed E-state index contributed by atoms with van der Waals surface area (Å²) in [6, 6.07) is 10.5. The van der Waals surface area contributed by atoms with E-state index in [0.29, 0.717) is 5.56 Å². The highest BCUT2D eigenvalue weighted by Gasteiger charge is 2.21. The van der Waals surface area contributed by atoms with Crippen LogP contribution in [0.25, 0.3) is 0 Å². The maximum Gasteiger partial charge on any atom is 0.338 e. The molecule has 1 atom stereocenters. The molecule has 3 rings (SSSR count). The maximum atomic E-state index is 13.5. The predicted molar refractivity (Wildman–Crippen MR) is 123 cm³/mol. The van der Waals surface area contributed by atoms with Crippen LogP contribution in [0, 0.1) is 11.6 Å². The molecule has 0 aliphatic carbocycles. The Morgan fingerprint density at radius 1 is 1.03 bits per heavy atom. The van der Waals surface area contributed by atoms with Crippen molar-refractivity contribution >= 4 is 23.5 Å². The van der Waals surface area contributed by atoms with E-state index in [1.54, 1.807) is 52.0 Å². The highest BCUT2D eigenvalue weighted by molar-refractivity contribution is 6.30. The lowest BCUT2D eigenvalue weighted by molar-refractivity contribution is 0.00693. The fourth-order valence-corrected chi connectivity index (χ4v) is 3.08. The van der Waals surface area contributed by atoms with Gasteiger partial charge in [-0.2, -0.15) is 0 Å². The Hall–Kier alpha value is -3.52. The Balaban J connectivity index is 1.75. The molecule has 0 fully saturated rings. The number of benzene rings is 2. The quantitative estimate of drug-likeness (QED) is 0.415. The van der Waals surface area contributed by atoms with Crippen molar-refractivity contribution < 1.29 is 27.8 Å². The highest BCUT2D eigenvalue weighted by Crippen LogP contribution is 2.27. The van der Waals surface area contributed by atoms with Crippen LogP contribution in [-0.2, 0) is 4.74 Å². The van der Waals surface area contributed by atoms with Crippen LogP contribution < -0.4 is 10.1 Å². The lowest BCUT2D eigenvalue weighted by Gasteiger charge is -2.20. The molecular weight excluding hydrogens is 466 g/mol. The summed E-state index contributed by atoms with van der Waals surface area (Å²) in [5.41, 5.74) is 0.521. The Morgan fingerprint density at radius 2 is 1.71 bits per heavy atom. The van der Waals surface area contributed by atoms with E-state index < -0.39 is 35.2 Å². The predicted octanol–water partition coefficient (Wildman–Crippen LogP) is 6.25. The Morgan fingerprint density at radius 3 is 2.32 bits per heavy atom. The number of ether oxygens (including phenoxy) is 2. The van der Waals surface area contributed by atoms with Gasteiger partial charge < -0.3 is 14.8 Å². The van der Waals surface area contributed by atoms with Gasteiger partial charge in [0.05, 0.1) is 16.6 Å². The number of amides is 1. The summed E-state index contributed by atoms with van der Waals surface area (Å²) >= 11 is 6.00. The van der Waals surface area contributed by atoms with E-state index in [-0.39, 0.29) is 22.2 Å². The largest absolute Gasteiger partial charge is 0.456 e. The van der Waals surface area contributed by atoms with Gasteiger partial charge in [-0.05, 0) is 63.6 Å². The second-order valence-corrected chi connectivity index (χ2v) is 8.94. The van der Waals surface area contributed by atoms with Crippen molar-refractivity contribution in [1.29, 1.82) is 0 Å². The van der Waals surface area contributed by atoms with E-state index in [0.717, 1.165) is 17.7 Å². The zero-order chi connectivity index (χ0) is 25.0. The fraction of sp³-hybridized carbons (Fsp3) is 0.240. The van der Waals surface area contributed by atoms with E-state index in [1.807, 2.05) is 0 Å². The second-order valence-electron chi connectivity index (χ2n) is 8.50. The number of hydrogen-bond acceptors (Lipinski definition) is 5. The van der Waals surface area contributed by atoms with Crippen LogP contribution in [0.1, 0.15) is 60.0 Å². The monoisotopic (exact) mass is 488 g/mol. The van der Waals surface area contributed by atoms with Crippen LogP contribution in [0.3, 0.4) is 0 Å². The molecule has 1 amide bonds. The Bertz CT molecular complexity index is 1210. The number of carbonyl (C=O) groups is 2. The average Bonchev–Trinajstić information content (AvgIpc) is 2.76. The van der Waals surface area contributed by atoms with Gasteiger partial charge in [0.1, 0.15) is 16.9 Å². The molecule has 9 heteroatoms. The van der Waals surface area contributed by atoms with Crippen LogP contribution in [0.4, 0.5) is 8.78 Å². The number of carbonyl (C=O) groups excluding carboxylic acids is 2. The smallest absolute Gasteiger partial charge is 0.338 e. The summed E-state index contributed by atoms with van der Waals surface area (Å²) in [5, 5.41) is 3.00. The number of nitrogens with one attached hydrogen (secondary N) is 1. The van der Waals surface area contributed by atoms with E-state index in [9.17, 15) is 18.4 Å². The SMILES string of the molecule is C[C@H](NC(=O)c1cc(Cl)cnc1Oc1ccc(F)c(F)c1)c1ccc(C(=O)OC(C)(C)C)cc1. The summed E-state index contributed by atoms with van der Waals surface area (Å²) in [4.78, 5) is 29.1. The van der Waals surface area contributed by atoms with Crippen molar-refractivity contribution in [2.45, 2.75) is 39.3 Å². The number of hydrogen-bond donors (Lipinski definition) is 1. The van der Waals surface area contributed by atoms with Gasteiger partial charge in [-0.15, -0.1) is 0 Å². The molecule has 3 aromatic rings. The van der Waals surface area contributed by atoms with Crippen molar-refractivity contribution in [2.24, 2.45) is 0 Å². The summed E-state index contributed by atoms with van der Waals surface area (Å²) in [6.07, 6.45) is 1.27. The molecule has 0 unspecified atom stereocenters. The molecule has 0 saturated carbocycles. The molecule has 6 nitrogen and oxygen atoms in total. The van der Waals surface area contributed by atoms with Crippen molar-refractivity contribution in [1.82, 2.24) is 10.3 Å². The van der Waals surface area contributed by atoms with E-state index >= 15 is 0 Å². The first-order chi connectivity index (χ1) is 15.9. The van der Waals surface area contributed by atoms with E-state index in [2.05, 4.69) is 10.3 Å². The summed E-state index contributed by atoms with van der Waals surface area (Å²) in [7, 11) is 0. The van der Waals surface area contributed by atoms with Crippen molar-refractivity contribution in [3.63, 3.8) is 0 Å². The molecule has 2 aromatic carbocycles. The van der Waals surface area contributed by atoms with Crippen LogP contribution in [0.5, 0.6) is 11.6 Å². The third-order valence-corrected chi connectivity index (χ3v) is 4.77.